The number of hydrogen-bond acceptors (Lipinski definition) is 2. The number of rotatable bonds is 10. The third kappa shape index (κ3) is 6.44. The zero-order valence-electron chi connectivity index (χ0n) is 15.7. The number of benzene rings is 2. The second kappa shape index (κ2) is 10.5. The predicted molar refractivity (Wildman–Crippen MR) is 107 cm³/mol. The summed E-state index contributed by atoms with van der Waals surface area (Å²) in [7, 11) is 0. The Bertz CT molecular complexity index is 702. The average molecular weight is 348 g/mol. The molecule has 0 bridgehead atoms. The van der Waals surface area contributed by atoms with E-state index in [0.717, 1.165) is 25.7 Å². The molecule has 1 atom stereocenters. The van der Waals surface area contributed by atoms with E-state index in [9.17, 15) is 9.59 Å². The molecule has 0 N–H and O–H groups in total. The number of ketones is 2. The van der Waals surface area contributed by atoms with E-state index in [1.807, 2.05) is 36.4 Å². The first kappa shape index (κ1) is 19.8. The Labute approximate surface area is 157 Å². The maximum Gasteiger partial charge on any atom is 0.140 e. The van der Waals surface area contributed by atoms with Crippen molar-refractivity contribution in [3.05, 3.63) is 83.9 Å². The van der Waals surface area contributed by atoms with Crippen LogP contribution >= 0.6 is 0 Å². The molecule has 0 radical (unpaired) electrons. The molecule has 0 aromatic heterocycles. The quantitative estimate of drug-likeness (QED) is 0.436. The molecule has 136 valence electrons. The summed E-state index contributed by atoms with van der Waals surface area (Å²) in [5.74, 6) is -0.654. The lowest BCUT2D eigenvalue weighted by Crippen LogP contribution is -2.27. The van der Waals surface area contributed by atoms with Gasteiger partial charge >= 0.3 is 0 Å². The summed E-state index contributed by atoms with van der Waals surface area (Å²) in [5.41, 5.74) is 2.54. The molecule has 0 saturated heterocycles. The van der Waals surface area contributed by atoms with Crippen molar-refractivity contribution in [3.8, 4) is 0 Å². The van der Waals surface area contributed by atoms with E-state index in [0.29, 0.717) is 0 Å². The van der Waals surface area contributed by atoms with Gasteiger partial charge in [0.25, 0.3) is 0 Å². The Morgan fingerprint density at radius 3 is 1.81 bits per heavy atom. The second-order valence-electron chi connectivity index (χ2n) is 6.84. The summed E-state index contributed by atoms with van der Waals surface area (Å²) in [4.78, 5) is 24.1. The number of Topliss-reactive ketones (excluding diaryl/α,β-unsaturated/α-hetero) is 2. The highest BCUT2D eigenvalue weighted by atomic mass is 16.1. The van der Waals surface area contributed by atoms with E-state index in [-0.39, 0.29) is 17.5 Å². The van der Waals surface area contributed by atoms with Crippen LogP contribution in [0.2, 0.25) is 0 Å². The van der Waals surface area contributed by atoms with Crippen molar-refractivity contribution >= 4 is 11.6 Å². The van der Waals surface area contributed by atoms with E-state index >= 15 is 0 Å². The highest BCUT2D eigenvalue weighted by Gasteiger charge is 2.27. The number of carbonyl (C=O) groups is 2. The molecular formula is C24H28O2. The summed E-state index contributed by atoms with van der Waals surface area (Å²) >= 11 is 0. The van der Waals surface area contributed by atoms with Crippen molar-refractivity contribution < 1.29 is 9.59 Å². The van der Waals surface area contributed by atoms with Crippen LogP contribution in [-0.2, 0) is 22.4 Å². The van der Waals surface area contributed by atoms with Gasteiger partial charge in [-0.3, -0.25) is 9.59 Å². The molecule has 2 aromatic rings. The maximum atomic E-state index is 12.0. The van der Waals surface area contributed by atoms with Gasteiger partial charge in [-0.1, -0.05) is 72.8 Å². The van der Waals surface area contributed by atoms with Gasteiger partial charge in [0.15, 0.2) is 0 Å². The molecule has 0 aliphatic rings. The minimum absolute atomic E-state index is 0.0386. The van der Waals surface area contributed by atoms with Crippen molar-refractivity contribution in [2.24, 2.45) is 11.8 Å². The van der Waals surface area contributed by atoms with Gasteiger partial charge in [0.2, 0.25) is 0 Å². The Balaban J connectivity index is 2.02. The molecule has 0 spiro atoms. The van der Waals surface area contributed by atoms with E-state index in [2.05, 4.69) is 36.4 Å². The molecule has 0 saturated carbocycles. The topological polar surface area (TPSA) is 34.1 Å². The molecule has 0 amide bonds. The normalized spacial score (nSPS) is 12.4. The lowest BCUT2D eigenvalue weighted by Gasteiger charge is -2.20. The Kier molecular flexibility index (Phi) is 8.01. The first-order valence-electron chi connectivity index (χ1n) is 9.33. The number of hydrogen-bond donors (Lipinski definition) is 0. The smallest absolute Gasteiger partial charge is 0.140 e. The zero-order chi connectivity index (χ0) is 18.8. The molecule has 26 heavy (non-hydrogen) atoms. The molecule has 0 heterocycles. The largest absolute Gasteiger partial charge is 0.299 e. The minimum atomic E-state index is -0.535. The molecular weight excluding hydrogens is 320 g/mol. The van der Waals surface area contributed by atoms with Crippen LogP contribution in [0.1, 0.15) is 37.8 Å². The van der Waals surface area contributed by atoms with Crippen molar-refractivity contribution in [2.75, 3.05) is 0 Å². The van der Waals surface area contributed by atoms with Crippen LogP contribution in [0.4, 0.5) is 0 Å². The monoisotopic (exact) mass is 348 g/mol. The summed E-state index contributed by atoms with van der Waals surface area (Å²) in [6.45, 7) is 3.05. The maximum absolute atomic E-state index is 12.0. The molecule has 2 aromatic carbocycles. The lowest BCUT2D eigenvalue weighted by atomic mass is 9.82. The fourth-order valence-electron chi connectivity index (χ4n) is 3.41. The molecule has 2 rings (SSSR count). The molecule has 2 heteroatoms. The molecule has 2 nitrogen and oxygen atoms in total. The van der Waals surface area contributed by atoms with Crippen molar-refractivity contribution in [1.82, 2.24) is 0 Å². The molecule has 0 fully saturated rings. The third-order valence-corrected chi connectivity index (χ3v) is 4.74. The second-order valence-corrected chi connectivity index (χ2v) is 6.84. The lowest BCUT2D eigenvalue weighted by molar-refractivity contribution is -0.131. The van der Waals surface area contributed by atoms with Gasteiger partial charge in [-0.15, -0.1) is 0 Å². The van der Waals surface area contributed by atoms with Crippen LogP contribution in [0.15, 0.2) is 72.8 Å². The summed E-state index contributed by atoms with van der Waals surface area (Å²) in [5, 5.41) is 0. The fourth-order valence-corrected chi connectivity index (χ4v) is 3.41. The van der Waals surface area contributed by atoms with Gasteiger partial charge in [-0.2, -0.15) is 0 Å². The Morgan fingerprint density at radius 2 is 1.31 bits per heavy atom. The summed E-state index contributed by atoms with van der Waals surface area (Å²) < 4.78 is 0. The van der Waals surface area contributed by atoms with Crippen LogP contribution < -0.4 is 0 Å². The van der Waals surface area contributed by atoms with Gasteiger partial charge in [0, 0.05) is 0 Å². The summed E-state index contributed by atoms with van der Waals surface area (Å²) in [6, 6.07) is 20.6. The highest BCUT2D eigenvalue weighted by Crippen LogP contribution is 2.23. The first-order chi connectivity index (χ1) is 12.6. The SMILES string of the molecule is CC(=O)C(C(C)=O)[C@H](/C=C/CCc1ccccc1)CCc1ccccc1. The Hall–Kier alpha value is -2.48. The van der Waals surface area contributed by atoms with Crippen LogP contribution in [-0.4, -0.2) is 11.6 Å². The van der Waals surface area contributed by atoms with Gasteiger partial charge < -0.3 is 0 Å². The minimum Gasteiger partial charge on any atom is -0.299 e. The first-order valence-corrected chi connectivity index (χ1v) is 9.33. The van der Waals surface area contributed by atoms with Crippen LogP contribution in [0.3, 0.4) is 0 Å². The van der Waals surface area contributed by atoms with Gasteiger partial charge in [0.05, 0.1) is 5.92 Å². The summed E-state index contributed by atoms with van der Waals surface area (Å²) in [6.07, 6.45) is 7.75. The fraction of sp³-hybridized carbons (Fsp3) is 0.333. The van der Waals surface area contributed by atoms with E-state index < -0.39 is 5.92 Å². The zero-order valence-corrected chi connectivity index (χ0v) is 15.7. The van der Waals surface area contributed by atoms with Crippen molar-refractivity contribution in [3.63, 3.8) is 0 Å². The van der Waals surface area contributed by atoms with E-state index in [1.54, 1.807) is 0 Å². The average Bonchev–Trinajstić information content (AvgIpc) is 2.64. The number of allylic oxidation sites excluding steroid dienone is 2. The standard InChI is InChI=1S/C24H28O2/c1-19(25)24(20(2)26)23(18-17-22-13-7-4-8-14-22)16-10-9-15-21-11-5-3-6-12-21/h3-8,10-14,16,23-24H,9,15,17-18H2,1-2H3/b16-10+/t23-/m1/s1. The van der Waals surface area contributed by atoms with Crippen molar-refractivity contribution in [2.45, 2.75) is 39.5 Å². The van der Waals surface area contributed by atoms with Gasteiger partial charge in [-0.25, -0.2) is 0 Å². The van der Waals surface area contributed by atoms with Crippen LogP contribution in [0, 0.1) is 11.8 Å². The van der Waals surface area contributed by atoms with Gasteiger partial charge in [0.1, 0.15) is 11.6 Å². The van der Waals surface area contributed by atoms with Crippen LogP contribution in [0.25, 0.3) is 0 Å². The third-order valence-electron chi connectivity index (χ3n) is 4.74. The van der Waals surface area contributed by atoms with Crippen molar-refractivity contribution in [1.29, 1.82) is 0 Å². The highest BCUT2D eigenvalue weighted by molar-refractivity contribution is 6.00. The molecule has 0 aliphatic carbocycles. The van der Waals surface area contributed by atoms with Gasteiger partial charge in [-0.05, 0) is 56.6 Å². The van der Waals surface area contributed by atoms with E-state index in [4.69, 9.17) is 0 Å². The van der Waals surface area contributed by atoms with E-state index in [1.165, 1.54) is 25.0 Å². The number of carbonyl (C=O) groups excluding carboxylic acids is 2. The molecule has 0 aliphatic heterocycles. The Morgan fingerprint density at radius 1 is 0.808 bits per heavy atom. The van der Waals surface area contributed by atoms with Crippen LogP contribution in [0.5, 0.6) is 0 Å². The molecule has 0 unspecified atom stereocenters. The number of aryl methyl sites for hydroxylation is 2. The predicted octanol–water partition coefficient (Wildman–Crippen LogP) is 5.22.